The van der Waals surface area contributed by atoms with E-state index in [9.17, 15) is 4.79 Å². The molecule has 0 atom stereocenters. The van der Waals surface area contributed by atoms with Gasteiger partial charge < -0.3 is 9.84 Å². The summed E-state index contributed by atoms with van der Waals surface area (Å²) >= 11 is 2.10. The van der Waals surface area contributed by atoms with E-state index in [-0.39, 0.29) is 5.56 Å². The lowest BCUT2D eigenvalue weighted by Crippen LogP contribution is -2.33. The Hall–Kier alpha value is -0.820. The maximum Gasteiger partial charge on any atom is 0.339 e. The molecular weight excluding hydrogens is 357 g/mol. The van der Waals surface area contributed by atoms with Gasteiger partial charge >= 0.3 is 5.97 Å². The second kappa shape index (κ2) is 7.09. The van der Waals surface area contributed by atoms with Crippen molar-refractivity contribution in [1.29, 1.82) is 0 Å². The van der Waals surface area contributed by atoms with Crippen molar-refractivity contribution in [3.63, 3.8) is 0 Å². The third-order valence-electron chi connectivity index (χ3n) is 3.29. The lowest BCUT2D eigenvalue weighted by molar-refractivity contribution is 0.0691. The Morgan fingerprint density at radius 3 is 2.74 bits per heavy atom. The summed E-state index contributed by atoms with van der Waals surface area (Å²) in [5, 5.41) is 9.14. The summed E-state index contributed by atoms with van der Waals surface area (Å²) in [7, 11) is 0. The zero-order valence-electron chi connectivity index (χ0n) is 10.8. The highest BCUT2D eigenvalue weighted by molar-refractivity contribution is 14.1. The summed E-state index contributed by atoms with van der Waals surface area (Å²) in [5.41, 5.74) is 0.241. The summed E-state index contributed by atoms with van der Waals surface area (Å²) in [6, 6.07) is 5.24. The molecule has 1 heterocycles. The van der Waals surface area contributed by atoms with Crippen LogP contribution in [-0.4, -0.2) is 42.2 Å². The normalized spacial score (nSPS) is 16.3. The van der Waals surface area contributed by atoms with Crippen LogP contribution in [-0.2, 0) is 0 Å². The molecule has 4 nitrogen and oxygen atoms in total. The second-order valence-electron chi connectivity index (χ2n) is 4.70. The molecule has 104 valence electrons. The molecule has 5 heteroatoms. The van der Waals surface area contributed by atoms with Gasteiger partial charge in [0.05, 0.1) is 0 Å². The van der Waals surface area contributed by atoms with E-state index < -0.39 is 5.97 Å². The van der Waals surface area contributed by atoms with E-state index in [1.807, 2.05) is 6.07 Å². The van der Waals surface area contributed by atoms with E-state index in [0.717, 1.165) is 23.2 Å². The van der Waals surface area contributed by atoms with Gasteiger partial charge in [0.1, 0.15) is 17.9 Å². The summed E-state index contributed by atoms with van der Waals surface area (Å²) in [5.74, 6) is -0.476. The van der Waals surface area contributed by atoms with E-state index in [1.165, 1.54) is 19.3 Å². The van der Waals surface area contributed by atoms with E-state index >= 15 is 0 Å². The average molecular weight is 375 g/mol. The Balaban J connectivity index is 1.89. The molecule has 0 spiro atoms. The number of aromatic carboxylic acids is 1. The fraction of sp³-hybridized carbons (Fsp3) is 0.500. The molecule has 1 aliphatic heterocycles. The smallest absolute Gasteiger partial charge is 0.339 e. The Bertz CT molecular complexity index is 444. The summed E-state index contributed by atoms with van der Waals surface area (Å²) in [6.07, 6.45) is 3.82. The van der Waals surface area contributed by atoms with Gasteiger partial charge in [0.15, 0.2) is 0 Å². The topological polar surface area (TPSA) is 49.8 Å². The Morgan fingerprint density at radius 1 is 1.32 bits per heavy atom. The average Bonchev–Trinajstić information content (AvgIpc) is 2.41. The van der Waals surface area contributed by atoms with Crippen LogP contribution in [0, 0.1) is 3.57 Å². The number of halogens is 1. The first-order valence-electron chi connectivity index (χ1n) is 6.55. The maximum atomic E-state index is 11.1. The van der Waals surface area contributed by atoms with E-state index in [4.69, 9.17) is 9.84 Å². The Morgan fingerprint density at radius 2 is 2.05 bits per heavy atom. The zero-order valence-corrected chi connectivity index (χ0v) is 12.9. The number of benzene rings is 1. The van der Waals surface area contributed by atoms with Gasteiger partial charge in [-0.05, 0) is 66.7 Å². The van der Waals surface area contributed by atoms with Crippen molar-refractivity contribution in [1.82, 2.24) is 4.90 Å². The summed E-state index contributed by atoms with van der Waals surface area (Å²) in [4.78, 5) is 13.5. The molecule has 0 amide bonds. The first-order chi connectivity index (χ1) is 9.16. The fourth-order valence-electron chi connectivity index (χ4n) is 2.26. The molecule has 1 saturated heterocycles. The van der Waals surface area contributed by atoms with Gasteiger partial charge in [0.25, 0.3) is 0 Å². The molecule has 0 unspecified atom stereocenters. The Labute approximate surface area is 126 Å². The largest absolute Gasteiger partial charge is 0.491 e. The van der Waals surface area contributed by atoms with Crippen LogP contribution in [0.4, 0.5) is 0 Å². The first kappa shape index (κ1) is 14.6. The standard InChI is InChI=1S/C14H18INO3/c15-11-4-5-13(12(10-11)14(17)18)19-9-8-16-6-2-1-3-7-16/h4-5,10H,1-3,6-9H2,(H,17,18). The molecule has 0 aromatic heterocycles. The number of likely N-dealkylation sites (tertiary alicyclic amines) is 1. The highest BCUT2D eigenvalue weighted by Gasteiger charge is 2.13. The predicted octanol–water partition coefficient (Wildman–Crippen LogP) is 2.85. The van der Waals surface area contributed by atoms with Crippen LogP contribution in [0.2, 0.25) is 0 Å². The third kappa shape index (κ3) is 4.35. The van der Waals surface area contributed by atoms with Crippen molar-refractivity contribution >= 4 is 28.6 Å². The molecule has 1 N–H and O–H groups in total. The lowest BCUT2D eigenvalue weighted by atomic mass is 10.1. The van der Waals surface area contributed by atoms with Crippen molar-refractivity contribution in [2.24, 2.45) is 0 Å². The van der Waals surface area contributed by atoms with Gasteiger partial charge in [-0.25, -0.2) is 4.79 Å². The number of ether oxygens (including phenoxy) is 1. The molecular formula is C14H18INO3. The monoisotopic (exact) mass is 375 g/mol. The second-order valence-corrected chi connectivity index (χ2v) is 5.94. The van der Waals surface area contributed by atoms with Gasteiger partial charge in [-0.3, -0.25) is 4.90 Å². The quantitative estimate of drug-likeness (QED) is 0.805. The van der Waals surface area contributed by atoms with Crippen LogP contribution in [0.25, 0.3) is 0 Å². The number of carbonyl (C=O) groups is 1. The highest BCUT2D eigenvalue weighted by atomic mass is 127. The number of carboxylic acids is 1. The molecule has 19 heavy (non-hydrogen) atoms. The van der Waals surface area contributed by atoms with Crippen molar-refractivity contribution in [2.75, 3.05) is 26.2 Å². The molecule has 0 radical (unpaired) electrons. The van der Waals surface area contributed by atoms with Crippen LogP contribution in [0.3, 0.4) is 0 Å². The predicted molar refractivity (Wildman–Crippen MR) is 81.9 cm³/mol. The molecule has 0 aliphatic carbocycles. The highest BCUT2D eigenvalue weighted by Crippen LogP contribution is 2.21. The summed E-state index contributed by atoms with van der Waals surface area (Å²) in [6.45, 7) is 3.66. The third-order valence-corrected chi connectivity index (χ3v) is 3.96. The summed E-state index contributed by atoms with van der Waals surface area (Å²) < 4.78 is 6.53. The number of hydrogen-bond donors (Lipinski definition) is 1. The molecule has 1 aromatic rings. The van der Waals surface area contributed by atoms with Crippen LogP contribution in [0.5, 0.6) is 5.75 Å². The Kier molecular flexibility index (Phi) is 5.45. The van der Waals surface area contributed by atoms with E-state index in [0.29, 0.717) is 12.4 Å². The maximum absolute atomic E-state index is 11.1. The number of carboxylic acid groups (broad SMARTS) is 1. The molecule has 0 saturated carbocycles. The number of nitrogens with zero attached hydrogens (tertiary/aromatic N) is 1. The van der Waals surface area contributed by atoms with Crippen molar-refractivity contribution < 1.29 is 14.6 Å². The van der Waals surface area contributed by atoms with Crippen LogP contribution < -0.4 is 4.74 Å². The van der Waals surface area contributed by atoms with E-state index in [1.54, 1.807) is 12.1 Å². The van der Waals surface area contributed by atoms with Crippen molar-refractivity contribution in [3.8, 4) is 5.75 Å². The number of rotatable bonds is 5. The fourth-order valence-corrected chi connectivity index (χ4v) is 2.75. The number of hydrogen-bond acceptors (Lipinski definition) is 3. The lowest BCUT2D eigenvalue weighted by Gasteiger charge is -2.26. The minimum absolute atomic E-state index is 0.241. The van der Waals surface area contributed by atoms with Gasteiger partial charge in [-0.1, -0.05) is 6.42 Å². The SMILES string of the molecule is O=C(O)c1cc(I)ccc1OCCN1CCCCC1. The first-order valence-corrected chi connectivity index (χ1v) is 7.62. The van der Waals surface area contributed by atoms with Crippen LogP contribution in [0.15, 0.2) is 18.2 Å². The van der Waals surface area contributed by atoms with Gasteiger partial charge in [0, 0.05) is 10.1 Å². The minimum Gasteiger partial charge on any atom is -0.491 e. The van der Waals surface area contributed by atoms with Crippen molar-refractivity contribution in [2.45, 2.75) is 19.3 Å². The van der Waals surface area contributed by atoms with Crippen LogP contribution >= 0.6 is 22.6 Å². The zero-order chi connectivity index (χ0) is 13.7. The molecule has 1 fully saturated rings. The van der Waals surface area contributed by atoms with Gasteiger partial charge in [0.2, 0.25) is 0 Å². The van der Waals surface area contributed by atoms with Gasteiger partial charge in [-0.15, -0.1) is 0 Å². The van der Waals surface area contributed by atoms with E-state index in [2.05, 4.69) is 27.5 Å². The molecule has 1 aromatic carbocycles. The molecule has 2 rings (SSSR count). The minimum atomic E-state index is -0.938. The molecule has 1 aliphatic rings. The van der Waals surface area contributed by atoms with Gasteiger partial charge in [-0.2, -0.15) is 0 Å². The van der Waals surface area contributed by atoms with Crippen molar-refractivity contribution in [3.05, 3.63) is 27.3 Å². The number of piperidine rings is 1. The van der Waals surface area contributed by atoms with Crippen LogP contribution in [0.1, 0.15) is 29.6 Å². The molecule has 0 bridgehead atoms.